The molecule has 0 aromatic carbocycles. The molecule has 0 atom stereocenters. The van der Waals surface area contributed by atoms with Crippen molar-refractivity contribution in [3.05, 3.63) is 11.8 Å². The van der Waals surface area contributed by atoms with Crippen molar-refractivity contribution < 1.29 is 9.53 Å². The number of hydrogen-bond acceptors (Lipinski definition) is 4. The Balaban J connectivity index is 3.88. The molecule has 18 heavy (non-hydrogen) atoms. The molecule has 102 valence electrons. The molecule has 0 saturated carbocycles. The number of nitrogens with zero attached hydrogens (tertiary/aromatic N) is 2. The minimum Gasteiger partial charge on any atom is -0.465 e. The van der Waals surface area contributed by atoms with Gasteiger partial charge in [0, 0.05) is 19.8 Å². The number of carbonyl (C=O) groups is 1. The first-order chi connectivity index (χ1) is 8.65. The van der Waals surface area contributed by atoms with Gasteiger partial charge in [-0.25, -0.2) is 4.79 Å². The molecule has 0 aromatic rings. The van der Waals surface area contributed by atoms with Crippen molar-refractivity contribution >= 4 is 5.97 Å². The van der Waals surface area contributed by atoms with Gasteiger partial charge < -0.3 is 9.64 Å². The fourth-order valence-electron chi connectivity index (χ4n) is 1.66. The summed E-state index contributed by atoms with van der Waals surface area (Å²) >= 11 is 0. The van der Waals surface area contributed by atoms with Crippen LogP contribution < -0.4 is 0 Å². The van der Waals surface area contributed by atoms with Gasteiger partial charge in [0.15, 0.2) is 5.57 Å². The average Bonchev–Trinajstić information content (AvgIpc) is 2.39. The Morgan fingerprint density at radius 2 is 1.89 bits per heavy atom. The van der Waals surface area contributed by atoms with E-state index >= 15 is 0 Å². The van der Waals surface area contributed by atoms with E-state index in [1.807, 2.05) is 18.0 Å². The molecule has 0 spiro atoms. The SMILES string of the molecule is CCCCCCCCN(C)/C=C(\C#N)C(=O)OC. The third-order valence-corrected chi connectivity index (χ3v) is 2.74. The van der Waals surface area contributed by atoms with Crippen molar-refractivity contribution in [3.63, 3.8) is 0 Å². The predicted octanol–water partition coefficient (Wildman–Crippen LogP) is 2.86. The molecule has 0 bridgehead atoms. The van der Waals surface area contributed by atoms with E-state index in [1.165, 1.54) is 39.2 Å². The quantitative estimate of drug-likeness (QED) is 0.274. The van der Waals surface area contributed by atoms with Gasteiger partial charge in [0.2, 0.25) is 0 Å². The van der Waals surface area contributed by atoms with Crippen LogP contribution in [0.3, 0.4) is 0 Å². The Morgan fingerprint density at radius 1 is 1.28 bits per heavy atom. The molecule has 4 nitrogen and oxygen atoms in total. The lowest BCUT2D eigenvalue weighted by Gasteiger charge is -2.14. The molecule has 0 fully saturated rings. The van der Waals surface area contributed by atoms with Crippen LogP contribution in [0, 0.1) is 11.3 Å². The van der Waals surface area contributed by atoms with Gasteiger partial charge in [-0.3, -0.25) is 0 Å². The summed E-state index contributed by atoms with van der Waals surface area (Å²) in [6.07, 6.45) is 8.94. The van der Waals surface area contributed by atoms with Crippen LogP contribution >= 0.6 is 0 Å². The summed E-state index contributed by atoms with van der Waals surface area (Å²) in [6.45, 7) is 3.06. The third kappa shape index (κ3) is 7.72. The predicted molar refractivity (Wildman–Crippen MR) is 71.7 cm³/mol. The summed E-state index contributed by atoms with van der Waals surface area (Å²) in [5.74, 6) is -0.577. The number of hydrogen-bond donors (Lipinski definition) is 0. The fourth-order valence-corrected chi connectivity index (χ4v) is 1.66. The second-order valence-corrected chi connectivity index (χ2v) is 4.39. The highest BCUT2D eigenvalue weighted by atomic mass is 16.5. The van der Waals surface area contributed by atoms with Crippen molar-refractivity contribution in [1.82, 2.24) is 4.90 Å². The Kier molecular flexibility index (Phi) is 9.75. The maximum absolute atomic E-state index is 11.2. The second kappa shape index (κ2) is 10.6. The zero-order valence-electron chi connectivity index (χ0n) is 11.7. The molecule has 0 aliphatic carbocycles. The molecule has 0 aliphatic heterocycles. The molecule has 0 heterocycles. The first-order valence-electron chi connectivity index (χ1n) is 6.56. The summed E-state index contributed by atoms with van der Waals surface area (Å²) in [5, 5.41) is 8.80. The summed E-state index contributed by atoms with van der Waals surface area (Å²) < 4.78 is 4.52. The first kappa shape index (κ1) is 16.5. The smallest absolute Gasteiger partial charge is 0.350 e. The summed E-state index contributed by atoms with van der Waals surface area (Å²) in [6, 6.07) is 1.85. The number of methoxy groups -OCH3 is 1. The zero-order valence-corrected chi connectivity index (χ0v) is 11.7. The molecular weight excluding hydrogens is 228 g/mol. The topological polar surface area (TPSA) is 53.3 Å². The monoisotopic (exact) mass is 252 g/mol. The average molecular weight is 252 g/mol. The number of esters is 1. The molecule has 0 aliphatic rings. The van der Waals surface area contributed by atoms with Gasteiger partial charge in [0.25, 0.3) is 0 Å². The van der Waals surface area contributed by atoms with Crippen molar-refractivity contribution in [2.24, 2.45) is 0 Å². The Hall–Kier alpha value is -1.50. The van der Waals surface area contributed by atoms with E-state index in [-0.39, 0.29) is 5.57 Å². The number of nitriles is 1. The van der Waals surface area contributed by atoms with E-state index in [1.54, 1.807) is 6.20 Å². The standard InChI is InChI=1S/C14H24N2O2/c1-4-5-6-7-8-9-10-16(2)12-13(11-15)14(17)18-3/h12H,4-10H2,1-3H3/b13-12+. The van der Waals surface area contributed by atoms with Crippen LogP contribution in [0.2, 0.25) is 0 Å². The highest BCUT2D eigenvalue weighted by molar-refractivity contribution is 5.92. The molecule has 0 rings (SSSR count). The van der Waals surface area contributed by atoms with E-state index in [2.05, 4.69) is 11.7 Å². The van der Waals surface area contributed by atoms with Crippen LogP contribution in [0.1, 0.15) is 45.4 Å². The van der Waals surface area contributed by atoms with Crippen molar-refractivity contribution in [1.29, 1.82) is 5.26 Å². The first-order valence-corrected chi connectivity index (χ1v) is 6.56. The molecule has 0 radical (unpaired) electrons. The van der Waals surface area contributed by atoms with E-state index < -0.39 is 5.97 Å². The summed E-state index contributed by atoms with van der Waals surface area (Å²) in [7, 11) is 3.15. The van der Waals surface area contributed by atoms with Gasteiger partial charge in [0.05, 0.1) is 7.11 Å². The largest absolute Gasteiger partial charge is 0.465 e. The van der Waals surface area contributed by atoms with Crippen molar-refractivity contribution in [2.45, 2.75) is 45.4 Å². The van der Waals surface area contributed by atoms with Crippen molar-refractivity contribution in [3.8, 4) is 6.07 Å². The third-order valence-electron chi connectivity index (χ3n) is 2.74. The number of ether oxygens (including phenoxy) is 1. The lowest BCUT2D eigenvalue weighted by Crippen LogP contribution is -2.15. The van der Waals surface area contributed by atoms with Crippen LogP contribution in [0.5, 0.6) is 0 Å². The number of rotatable bonds is 9. The molecule has 0 unspecified atom stereocenters. The van der Waals surface area contributed by atoms with Gasteiger partial charge in [0.1, 0.15) is 6.07 Å². The Labute approximate surface area is 110 Å². The van der Waals surface area contributed by atoms with Gasteiger partial charge >= 0.3 is 5.97 Å². The van der Waals surface area contributed by atoms with E-state index in [4.69, 9.17) is 5.26 Å². The molecule has 4 heteroatoms. The van der Waals surface area contributed by atoms with Crippen LogP contribution in [0.4, 0.5) is 0 Å². The van der Waals surface area contributed by atoms with Gasteiger partial charge in [-0.2, -0.15) is 5.26 Å². The molecule has 0 aromatic heterocycles. The molecule has 0 amide bonds. The maximum Gasteiger partial charge on any atom is 0.350 e. The van der Waals surface area contributed by atoms with E-state index in [9.17, 15) is 4.79 Å². The summed E-state index contributed by atoms with van der Waals surface area (Å²) in [4.78, 5) is 13.1. The van der Waals surface area contributed by atoms with Crippen LogP contribution in [0.15, 0.2) is 11.8 Å². The second-order valence-electron chi connectivity index (χ2n) is 4.39. The highest BCUT2D eigenvalue weighted by Crippen LogP contribution is 2.06. The minimum absolute atomic E-state index is 0.0472. The fraction of sp³-hybridized carbons (Fsp3) is 0.714. The zero-order chi connectivity index (χ0) is 13.8. The van der Waals surface area contributed by atoms with E-state index in [0.717, 1.165) is 13.0 Å². The number of carbonyl (C=O) groups excluding carboxylic acids is 1. The van der Waals surface area contributed by atoms with Crippen LogP contribution in [-0.2, 0) is 9.53 Å². The Bertz CT molecular complexity index is 305. The summed E-state index contributed by atoms with van der Waals surface area (Å²) in [5.41, 5.74) is 0.0472. The Morgan fingerprint density at radius 3 is 2.44 bits per heavy atom. The number of unbranched alkanes of at least 4 members (excludes halogenated alkanes) is 5. The van der Waals surface area contributed by atoms with Crippen molar-refractivity contribution in [2.75, 3.05) is 20.7 Å². The molecule has 0 saturated heterocycles. The van der Waals surface area contributed by atoms with E-state index in [0.29, 0.717) is 0 Å². The lowest BCUT2D eigenvalue weighted by molar-refractivity contribution is -0.135. The lowest BCUT2D eigenvalue weighted by atomic mass is 10.1. The molecular formula is C14H24N2O2. The maximum atomic E-state index is 11.2. The normalized spacial score (nSPS) is 10.9. The van der Waals surface area contributed by atoms with Gasteiger partial charge in [-0.05, 0) is 6.42 Å². The van der Waals surface area contributed by atoms with Crippen LogP contribution in [-0.4, -0.2) is 31.6 Å². The van der Waals surface area contributed by atoms with Gasteiger partial charge in [-0.15, -0.1) is 0 Å². The van der Waals surface area contributed by atoms with Crippen LogP contribution in [0.25, 0.3) is 0 Å². The molecule has 0 N–H and O–H groups in total. The minimum atomic E-state index is -0.577. The highest BCUT2D eigenvalue weighted by Gasteiger charge is 2.09. The van der Waals surface area contributed by atoms with Gasteiger partial charge in [-0.1, -0.05) is 39.0 Å².